The average Bonchev–Trinajstić information content (AvgIpc) is 2.57. The summed E-state index contributed by atoms with van der Waals surface area (Å²) in [6.45, 7) is 0. The first-order chi connectivity index (χ1) is 11.1. The van der Waals surface area contributed by atoms with Crippen LogP contribution in [0.3, 0.4) is 0 Å². The average molecular weight is 471 g/mol. The summed E-state index contributed by atoms with van der Waals surface area (Å²) in [5, 5.41) is 3.47. The molecule has 0 aliphatic heterocycles. The van der Waals surface area contributed by atoms with Crippen molar-refractivity contribution in [2.45, 2.75) is 0 Å². The van der Waals surface area contributed by atoms with Crippen LogP contribution < -0.4 is 15.9 Å². The van der Waals surface area contributed by atoms with E-state index in [4.69, 9.17) is 29.1 Å². The van der Waals surface area contributed by atoms with Gasteiger partial charge in [0.1, 0.15) is 0 Å². The molecular formula is C18H16Cl3PRu. The van der Waals surface area contributed by atoms with Gasteiger partial charge in [0.15, 0.2) is 0 Å². The molecule has 122 valence electrons. The first kappa shape index (κ1) is 17.4. The van der Waals surface area contributed by atoms with Gasteiger partial charge in [-0.05, 0) is 0 Å². The summed E-state index contributed by atoms with van der Waals surface area (Å²) >= 11 is -3.48. The van der Waals surface area contributed by atoms with Crippen LogP contribution in [0.2, 0.25) is 0 Å². The zero-order chi connectivity index (χ0) is 16.3. The van der Waals surface area contributed by atoms with Gasteiger partial charge >= 0.3 is 153 Å². The predicted octanol–water partition coefficient (Wildman–Crippen LogP) is 5.24. The van der Waals surface area contributed by atoms with Crippen LogP contribution in [0.5, 0.6) is 0 Å². The van der Waals surface area contributed by atoms with Gasteiger partial charge < -0.3 is 0 Å². The summed E-state index contributed by atoms with van der Waals surface area (Å²) in [4.78, 5) is 0. The molecule has 0 amide bonds. The van der Waals surface area contributed by atoms with E-state index < -0.39 is 16.9 Å². The van der Waals surface area contributed by atoms with E-state index in [0.29, 0.717) is 0 Å². The second kappa shape index (κ2) is 7.22. The molecule has 23 heavy (non-hydrogen) atoms. The van der Waals surface area contributed by atoms with Crippen molar-refractivity contribution in [2.24, 2.45) is 0 Å². The van der Waals surface area contributed by atoms with Crippen LogP contribution in [0, 0.1) is 0 Å². The van der Waals surface area contributed by atoms with Gasteiger partial charge in [-0.15, -0.1) is 0 Å². The number of benzene rings is 3. The summed E-state index contributed by atoms with van der Waals surface area (Å²) in [5.41, 5.74) is -2.66. The Labute approximate surface area is 152 Å². The molecular weight excluding hydrogens is 455 g/mol. The van der Waals surface area contributed by atoms with Crippen molar-refractivity contribution >= 4 is 50.6 Å². The summed E-state index contributed by atoms with van der Waals surface area (Å²) < 4.78 is 0. The van der Waals surface area contributed by atoms with Crippen LogP contribution in [-0.2, 0) is 11.3 Å². The third-order valence-electron chi connectivity index (χ3n) is 3.79. The van der Waals surface area contributed by atoms with Crippen molar-refractivity contribution in [2.75, 3.05) is 0 Å². The van der Waals surface area contributed by atoms with E-state index in [1.165, 1.54) is 0 Å². The van der Waals surface area contributed by atoms with Crippen molar-refractivity contribution in [1.29, 1.82) is 0 Å². The quantitative estimate of drug-likeness (QED) is 0.361. The predicted molar refractivity (Wildman–Crippen MR) is 104 cm³/mol. The Bertz CT molecular complexity index is 662. The summed E-state index contributed by atoms with van der Waals surface area (Å²) in [6.07, 6.45) is 0. The van der Waals surface area contributed by atoms with E-state index in [1.54, 1.807) is 0 Å². The summed E-state index contributed by atoms with van der Waals surface area (Å²) in [7, 11) is 20.5. The molecule has 5 heteroatoms. The SMILES string of the molecule is [Cl][Ru]([Cl])([Cl])[PH](c1ccccc1)(c1ccccc1)c1ccccc1. The van der Waals surface area contributed by atoms with Gasteiger partial charge in [0.05, 0.1) is 0 Å². The van der Waals surface area contributed by atoms with Gasteiger partial charge in [-0.3, -0.25) is 0 Å². The van der Waals surface area contributed by atoms with E-state index in [1.807, 2.05) is 54.6 Å². The van der Waals surface area contributed by atoms with Crippen molar-refractivity contribution in [3.05, 3.63) is 91.0 Å². The van der Waals surface area contributed by atoms with Crippen LogP contribution in [0.4, 0.5) is 0 Å². The molecule has 0 aliphatic rings. The zero-order valence-electron chi connectivity index (χ0n) is 12.1. The van der Waals surface area contributed by atoms with E-state index in [2.05, 4.69) is 36.4 Å². The van der Waals surface area contributed by atoms with Gasteiger partial charge in [0.25, 0.3) is 0 Å². The van der Waals surface area contributed by atoms with Gasteiger partial charge in [-0.2, -0.15) is 0 Å². The van der Waals surface area contributed by atoms with Crippen molar-refractivity contribution in [3.8, 4) is 0 Å². The van der Waals surface area contributed by atoms with E-state index in [9.17, 15) is 0 Å². The second-order valence-corrected chi connectivity index (χ2v) is 30.4. The first-order valence-electron chi connectivity index (χ1n) is 7.06. The van der Waals surface area contributed by atoms with Crippen molar-refractivity contribution < 1.29 is 11.3 Å². The number of rotatable bonds is 4. The number of halogens is 3. The Hall–Kier alpha value is -0.417. The molecule has 0 bridgehead atoms. The summed E-state index contributed by atoms with van der Waals surface area (Å²) in [6, 6.07) is 30.8. The maximum absolute atomic E-state index is 6.82. The van der Waals surface area contributed by atoms with Gasteiger partial charge in [-0.1, -0.05) is 0 Å². The Balaban J connectivity index is 2.41. The van der Waals surface area contributed by atoms with Crippen LogP contribution in [0.15, 0.2) is 91.0 Å². The van der Waals surface area contributed by atoms with Crippen LogP contribution in [-0.4, -0.2) is 0 Å². The van der Waals surface area contributed by atoms with Gasteiger partial charge in [-0.25, -0.2) is 0 Å². The van der Waals surface area contributed by atoms with Crippen molar-refractivity contribution in [1.82, 2.24) is 0 Å². The topological polar surface area (TPSA) is 0 Å². The minimum absolute atomic E-state index is 1.16. The number of hydrogen-bond donors (Lipinski definition) is 0. The molecule has 0 fully saturated rings. The second-order valence-electron chi connectivity index (χ2n) is 5.09. The molecule has 0 atom stereocenters. The molecule has 0 saturated carbocycles. The Morgan fingerprint density at radius 2 is 0.739 bits per heavy atom. The first-order valence-corrected chi connectivity index (χ1v) is 18.2. The van der Waals surface area contributed by atoms with Crippen LogP contribution in [0.25, 0.3) is 0 Å². The molecule has 0 unspecified atom stereocenters. The molecule has 3 aromatic rings. The van der Waals surface area contributed by atoms with Crippen LogP contribution in [0.1, 0.15) is 0 Å². The molecule has 0 nitrogen and oxygen atoms in total. The van der Waals surface area contributed by atoms with Gasteiger partial charge in [0.2, 0.25) is 0 Å². The standard InChI is InChI=1S/C18H15P.3ClH.Ru/c1-4-10-16(11-5-1)19(17-12-6-2-7-13-17)18-14-8-3-9-15-18;;;;/h1-15H;3*1H;/q;;;;+2/p-2. The van der Waals surface area contributed by atoms with Crippen molar-refractivity contribution in [3.63, 3.8) is 0 Å². The van der Waals surface area contributed by atoms with E-state index >= 15 is 0 Å². The van der Waals surface area contributed by atoms with Gasteiger partial charge in [0, 0.05) is 0 Å². The van der Waals surface area contributed by atoms with E-state index in [0.717, 1.165) is 15.9 Å². The van der Waals surface area contributed by atoms with E-state index in [-0.39, 0.29) is 0 Å². The molecule has 0 heterocycles. The van der Waals surface area contributed by atoms with Crippen LogP contribution >= 0.6 is 34.7 Å². The molecule has 0 saturated heterocycles. The number of hydrogen-bond acceptors (Lipinski definition) is 0. The summed E-state index contributed by atoms with van der Waals surface area (Å²) in [5.74, 6) is 0. The molecule has 0 radical (unpaired) electrons. The fourth-order valence-electron chi connectivity index (χ4n) is 2.84. The third-order valence-corrected chi connectivity index (χ3v) is 27.4. The maximum atomic E-state index is 6.82. The molecule has 0 N–H and O–H groups in total. The molecule has 0 spiro atoms. The fourth-order valence-corrected chi connectivity index (χ4v) is 26.5. The Morgan fingerprint density at radius 3 is 0.957 bits per heavy atom. The molecule has 3 aromatic carbocycles. The molecule has 0 aliphatic carbocycles. The molecule has 3 rings (SSSR count). The fraction of sp³-hybridized carbons (Fsp3) is 0. The normalized spacial score (nSPS) is 13.5. The zero-order valence-corrected chi connectivity index (χ0v) is 17.2. The molecule has 0 aromatic heterocycles. The Morgan fingerprint density at radius 1 is 0.478 bits per heavy atom. The minimum atomic E-state index is -3.48. The third kappa shape index (κ3) is 3.24. The Kier molecular flexibility index (Phi) is 5.47. The monoisotopic (exact) mass is 470 g/mol.